The Morgan fingerprint density at radius 2 is 2.06 bits per heavy atom. The van der Waals surface area contributed by atoms with Crippen molar-refractivity contribution < 1.29 is 27.2 Å². The molecule has 2 N–H and O–H groups in total. The highest BCUT2D eigenvalue weighted by Gasteiger charge is 2.37. The van der Waals surface area contributed by atoms with Gasteiger partial charge in [0.2, 0.25) is 5.91 Å². The predicted octanol–water partition coefficient (Wildman–Crippen LogP) is 3.26. The van der Waals surface area contributed by atoms with Crippen LogP contribution in [0.5, 0.6) is 0 Å². The van der Waals surface area contributed by atoms with E-state index in [1.165, 1.54) is 24.1 Å². The molecule has 13 heteroatoms. The summed E-state index contributed by atoms with van der Waals surface area (Å²) in [4.78, 5) is 24.8. The van der Waals surface area contributed by atoms with Crippen LogP contribution in [-0.4, -0.2) is 31.4 Å². The van der Waals surface area contributed by atoms with Gasteiger partial charge in [-0.25, -0.2) is 0 Å². The van der Waals surface area contributed by atoms with Gasteiger partial charge in [-0.1, -0.05) is 0 Å². The maximum absolute atomic E-state index is 13.0. The third-order valence-corrected chi connectivity index (χ3v) is 5.33. The van der Waals surface area contributed by atoms with Crippen LogP contribution in [-0.2, 0) is 31.1 Å². The molecule has 0 unspecified atom stereocenters. The Labute approximate surface area is 182 Å². The van der Waals surface area contributed by atoms with E-state index < -0.39 is 23.7 Å². The van der Waals surface area contributed by atoms with Crippen LogP contribution in [0.2, 0.25) is 0 Å². The molecule has 3 rings (SSSR count). The molecule has 3 aromatic heterocycles. The van der Waals surface area contributed by atoms with Crippen molar-refractivity contribution in [3.05, 3.63) is 51.9 Å². The molecule has 0 saturated carbocycles. The van der Waals surface area contributed by atoms with Crippen molar-refractivity contribution in [3.63, 3.8) is 0 Å². The number of nitrogens with zero attached hydrogens (tertiary/aromatic N) is 4. The first-order chi connectivity index (χ1) is 14.6. The van der Waals surface area contributed by atoms with Crippen LogP contribution < -0.4 is 10.6 Å². The lowest BCUT2D eigenvalue weighted by Crippen LogP contribution is -2.26. The van der Waals surface area contributed by atoms with E-state index in [-0.39, 0.29) is 41.1 Å². The molecule has 0 bridgehead atoms. The van der Waals surface area contributed by atoms with Gasteiger partial charge in [0.25, 0.3) is 5.91 Å². The highest BCUT2D eigenvalue weighted by molar-refractivity contribution is 9.10. The maximum atomic E-state index is 13.0. The fourth-order valence-electron chi connectivity index (χ4n) is 2.81. The summed E-state index contributed by atoms with van der Waals surface area (Å²) in [5.41, 5.74) is -0.497. The van der Waals surface area contributed by atoms with Gasteiger partial charge in [-0.3, -0.25) is 19.0 Å². The molecule has 0 aliphatic rings. The van der Waals surface area contributed by atoms with E-state index in [9.17, 15) is 22.8 Å². The second-order valence-electron chi connectivity index (χ2n) is 6.56. The molecule has 166 valence electrons. The molecular formula is C18H18BrF3N6O3. The van der Waals surface area contributed by atoms with E-state index in [2.05, 4.69) is 36.8 Å². The van der Waals surface area contributed by atoms with Gasteiger partial charge in [-0.2, -0.15) is 23.4 Å². The first kappa shape index (κ1) is 22.6. The van der Waals surface area contributed by atoms with Crippen molar-refractivity contribution in [3.8, 4) is 0 Å². The van der Waals surface area contributed by atoms with E-state index in [1.54, 1.807) is 19.2 Å². The van der Waals surface area contributed by atoms with Gasteiger partial charge < -0.3 is 15.1 Å². The van der Waals surface area contributed by atoms with Gasteiger partial charge >= 0.3 is 6.18 Å². The first-order valence-corrected chi connectivity index (χ1v) is 9.79. The van der Waals surface area contributed by atoms with Crippen molar-refractivity contribution in [2.45, 2.75) is 32.6 Å². The third kappa shape index (κ3) is 5.16. The topological polar surface area (TPSA) is 107 Å². The van der Waals surface area contributed by atoms with Crippen LogP contribution in [0.25, 0.3) is 0 Å². The Balaban J connectivity index is 1.63. The van der Waals surface area contributed by atoms with Crippen molar-refractivity contribution in [2.24, 2.45) is 7.05 Å². The molecule has 0 aromatic carbocycles. The molecule has 0 fully saturated rings. The number of carbonyl (C=O) groups is 2. The number of rotatable bonds is 7. The first-order valence-electron chi connectivity index (χ1n) is 9.00. The number of anilines is 1. The highest BCUT2D eigenvalue weighted by atomic mass is 79.9. The lowest BCUT2D eigenvalue weighted by atomic mass is 10.3. The lowest BCUT2D eigenvalue weighted by molar-refractivity contribution is -0.142. The summed E-state index contributed by atoms with van der Waals surface area (Å²) < 4.78 is 46.3. The molecule has 0 aliphatic heterocycles. The monoisotopic (exact) mass is 502 g/mol. The molecule has 0 atom stereocenters. The highest BCUT2D eigenvalue weighted by Crippen LogP contribution is 2.35. The average Bonchev–Trinajstić information content (AvgIpc) is 3.40. The summed E-state index contributed by atoms with van der Waals surface area (Å²) in [6.07, 6.45) is -1.97. The average molecular weight is 503 g/mol. The van der Waals surface area contributed by atoms with E-state index in [4.69, 9.17) is 4.42 Å². The molecule has 0 spiro atoms. The van der Waals surface area contributed by atoms with Gasteiger partial charge in [0, 0.05) is 13.5 Å². The molecule has 3 aromatic rings. The molecular weight excluding hydrogens is 485 g/mol. The van der Waals surface area contributed by atoms with Crippen LogP contribution in [0.3, 0.4) is 0 Å². The van der Waals surface area contributed by atoms with E-state index >= 15 is 0 Å². The number of hydrogen-bond donors (Lipinski definition) is 2. The number of hydrogen-bond acceptors (Lipinski definition) is 5. The number of carbonyl (C=O) groups excluding carboxylic acids is 2. The predicted molar refractivity (Wildman–Crippen MR) is 106 cm³/mol. The normalized spacial score (nSPS) is 11.5. The number of aromatic nitrogens is 4. The zero-order valence-corrected chi connectivity index (χ0v) is 18.0. The minimum atomic E-state index is -4.61. The van der Waals surface area contributed by atoms with Gasteiger partial charge in [0.15, 0.2) is 5.69 Å². The minimum absolute atomic E-state index is 0.0768. The van der Waals surface area contributed by atoms with Crippen molar-refractivity contribution in [2.75, 3.05) is 5.32 Å². The summed E-state index contributed by atoms with van der Waals surface area (Å²) in [5.74, 6) is -0.430. The van der Waals surface area contributed by atoms with Crippen molar-refractivity contribution >= 4 is 33.4 Å². The molecule has 0 aliphatic carbocycles. The number of nitrogens with one attached hydrogen (secondary N) is 2. The van der Waals surface area contributed by atoms with Crippen molar-refractivity contribution in [1.82, 2.24) is 24.9 Å². The van der Waals surface area contributed by atoms with E-state index in [1.807, 2.05) is 0 Å². The van der Waals surface area contributed by atoms with E-state index in [0.29, 0.717) is 5.76 Å². The number of aryl methyl sites for hydroxylation is 2. The molecule has 0 saturated heterocycles. The zero-order chi connectivity index (χ0) is 22.8. The Morgan fingerprint density at radius 3 is 2.68 bits per heavy atom. The standard InChI is InChI=1S/C18H18BrF3N6O3/c1-10-14(19)16(18(20,21)22)26-28(10)6-5-13(29)25-12-9-24-27(2)15(12)17(30)23-8-11-4-3-7-31-11/h3-4,7,9H,5-6,8H2,1-2H3,(H,23,30)(H,25,29). The SMILES string of the molecule is Cc1c(Br)c(C(F)(F)F)nn1CCC(=O)Nc1cnn(C)c1C(=O)NCc1ccco1. The Morgan fingerprint density at radius 1 is 1.32 bits per heavy atom. The molecule has 2 amide bonds. The van der Waals surface area contributed by atoms with Gasteiger partial charge in [0.05, 0.1) is 41.4 Å². The van der Waals surface area contributed by atoms with Crippen molar-refractivity contribution in [1.29, 1.82) is 0 Å². The lowest BCUT2D eigenvalue weighted by Gasteiger charge is -2.09. The summed E-state index contributed by atoms with van der Waals surface area (Å²) >= 11 is 2.89. The summed E-state index contributed by atoms with van der Waals surface area (Å²) in [6.45, 7) is 1.54. The Bertz CT molecular complexity index is 1090. The number of halogens is 4. The summed E-state index contributed by atoms with van der Waals surface area (Å²) in [6, 6.07) is 3.39. The quantitative estimate of drug-likeness (QED) is 0.515. The summed E-state index contributed by atoms with van der Waals surface area (Å²) in [5, 5.41) is 12.7. The number of amides is 2. The number of furan rings is 1. The van der Waals surface area contributed by atoms with Crippen LogP contribution >= 0.6 is 15.9 Å². The van der Waals surface area contributed by atoms with Crippen LogP contribution in [0.15, 0.2) is 33.5 Å². The van der Waals surface area contributed by atoms with Gasteiger partial charge in [-0.05, 0) is 35.0 Å². The smallest absolute Gasteiger partial charge is 0.436 e. The Kier molecular flexibility index (Phi) is 6.53. The van der Waals surface area contributed by atoms with Crippen LogP contribution in [0, 0.1) is 6.92 Å². The Hall–Kier alpha value is -3.09. The molecule has 0 radical (unpaired) electrons. The van der Waals surface area contributed by atoms with Gasteiger partial charge in [0.1, 0.15) is 11.5 Å². The summed E-state index contributed by atoms with van der Waals surface area (Å²) in [7, 11) is 1.54. The zero-order valence-electron chi connectivity index (χ0n) is 16.5. The van der Waals surface area contributed by atoms with E-state index in [0.717, 1.165) is 4.68 Å². The molecule has 31 heavy (non-hydrogen) atoms. The fourth-order valence-corrected chi connectivity index (χ4v) is 3.31. The second-order valence-corrected chi connectivity index (χ2v) is 7.35. The second kappa shape index (κ2) is 8.96. The fraction of sp³-hybridized carbons (Fsp3) is 0.333. The van der Waals surface area contributed by atoms with Crippen LogP contribution in [0.1, 0.15) is 34.1 Å². The largest absolute Gasteiger partial charge is 0.467 e. The van der Waals surface area contributed by atoms with Gasteiger partial charge in [-0.15, -0.1) is 0 Å². The third-order valence-electron chi connectivity index (χ3n) is 4.38. The molecule has 3 heterocycles. The molecule has 9 nitrogen and oxygen atoms in total. The number of alkyl halides is 3. The van der Waals surface area contributed by atoms with Crippen LogP contribution in [0.4, 0.5) is 18.9 Å². The maximum Gasteiger partial charge on any atom is 0.436 e. The minimum Gasteiger partial charge on any atom is -0.467 e.